The van der Waals surface area contributed by atoms with Crippen molar-refractivity contribution in [1.82, 2.24) is 0 Å². The number of para-hydroxylation sites is 4. The summed E-state index contributed by atoms with van der Waals surface area (Å²) in [6.45, 7) is 0. The molecule has 0 amide bonds. The quantitative estimate of drug-likeness (QED) is 0.385. The fraction of sp³-hybridized carbons (Fsp3) is 0. The molecule has 4 rings (SSSR count). The summed E-state index contributed by atoms with van der Waals surface area (Å²) >= 11 is 0. The van der Waals surface area contributed by atoms with Gasteiger partial charge in [-0.05, 0) is 60.7 Å². The van der Waals surface area contributed by atoms with Crippen molar-refractivity contribution in [2.45, 2.75) is 0 Å². The zero-order valence-corrected chi connectivity index (χ0v) is 15.6. The second-order valence-corrected chi connectivity index (χ2v) is 6.33. The van der Waals surface area contributed by atoms with Gasteiger partial charge in [0.25, 0.3) is 0 Å². The van der Waals surface area contributed by atoms with E-state index in [1.807, 2.05) is 84.9 Å². The summed E-state index contributed by atoms with van der Waals surface area (Å²) in [7, 11) is 0. The zero-order valence-electron chi connectivity index (χ0n) is 15.6. The van der Waals surface area contributed by atoms with Crippen LogP contribution in [-0.4, -0.2) is 0 Å². The summed E-state index contributed by atoms with van der Waals surface area (Å²) < 4.78 is 17.6. The van der Waals surface area contributed by atoms with Gasteiger partial charge in [-0.25, -0.2) is 0 Å². The maximum atomic E-state index is 5.93. The average molecular weight is 384 g/mol. The Morgan fingerprint density at radius 3 is 1.41 bits per heavy atom. The Morgan fingerprint density at radius 1 is 0.414 bits per heavy atom. The zero-order chi connectivity index (χ0) is 20.1. The Labute approximate surface area is 169 Å². The fourth-order valence-corrected chi connectivity index (χ4v) is 2.71. The largest absolute Gasteiger partial charge is 0.457 e. The van der Waals surface area contributed by atoms with Gasteiger partial charge in [-0.3, -0.25) is 0 Å². The fourth-order valence-electron chi connectivity index (χ4n) is 2.71. The van der Waals surface area contributed by atoms with Gasteiger partial charge >= 0.3 is 0 Å². The molecule has 0 spiro atoms. The lowest BCUT2D eigenvalue weighted by molar-refractivity contribution is 0.458. The molecule has 0 saturated carbocycles. The minimum atomic E-state index is 0.577. The van der Waals surface area contributed by atoms with Crippen molar-refractivity contribution < 1.29 is 14.2 Å². The number of nitrogens with two attached hydrogens (primary N) is 2. The van der Waals surface area contributed by atoms with Gasteiger partial charge < -0.3 is 25.7 Å². The Balaban J connectivity index is 1.44. The lowest BCUT2D eigenvalue weighted by Gasteiger charge is -2.11. The number of ether oxygens (including phenoxy) is 3. The molecule has 0 heterocycles. The lowest BCUT2D eigenvalue weighted by atomic mass is 10.3. The monoisotopic (exact) mass is 384 g/mol. The van der Waals surface area contributed by atoms with Crippen molar-refractivity contribution in [2.75, 3.05) is 11.5 Å². The molecule has 0 atom stereocenters. The van der Waals surface area contributed by atoms with Gasteiger partial charge in [0.2, 0.25) is 0 Å². The predicted molar refractivity (Wildman–Crippen MR) is 115 cm³/mol. The molecule has 4 aromatic carbocycles. The molecule has 5 heteroatoms. The third-order valence-electron chi connectivity index (χ3n) is 4.16. The topological polar surface area (TPSA) is 79.7 Å². The van der Waals surface area contributed by atoms with Crippen LogP contribution < -0.4 is 25.7 Å². The number of nitrogen functional groups attached to an aromatic ring is 2. The van der Waals surface area contributed by atoms with Crippen LogP contribution in [0.15, 0.2) is 97.1 Å². The summed E-state index contributed by atoms with van der Waals surface area (Å²) in [5, 5.41) is 0. The van der Waals surface area contributed by atoms with E-state index in [4.69, 9.17) is 25.7 Å². The first-order valence-electron chi connectivity index (χ1n) is 9.10. The smallest absolute Gasteiger partial charge is 0.150 e. The van der Waals surface area contributed by atoms with Gasteiger partial charge in [-0.15, -0.1) is 0 Å². The molecule has 4 aromatic rings. The van der Waals surface area contributed by atoms with Crippen LogP contribution in [0.5, 0.6) is 34.5 Å². The van der Waals surface area contributed by atoms with Crippen molar-refractivity contribution in [3.63, 3.8) is 0 Å². The van der Waals surface area contributed by atoms with Crippen LogP contribution in [0.1, 0.15) is 0 Å². The highest BCUT2D eigenvalue weighted by molar-refractivity contribution is 5.55. The summed E-state index contributed by atoms with van der Waals surface area (Å²) in [6.07, 6.45) is 0. The Hall–Kier alpha value is -4.12. The Morgan fingerprint density at radius 2 is 0.862 bits per heavy atom. The molecule has 4 N–H and O–H groups in total. The first kappa shape index (κ1) is 18.3. The van der Waals surface area contributed by atoms with E-state index in [1.54, 1.807) is 12.1 Å². The molecule has 144 valence electrons. The van der Waals surface area contributed by atoms with E-state index in [1.165, 1.54) is 0 Å². The molecule has 5 nitrogen and oxygen atoms in total. The normalized spacial score (nSPS) is 10.3. The van der Waals surface area contributed by atoms with E-state index in [0.29, 0.717) is 45.9 Å². The number of hydrogen-bond donors (Lipinski definition) is 2. The van der Waals surface area contributed by atoms with Crippen molar-refractivity contribution in [3.05, 3.63) is 97.1 Å². The van der Waals surface area contributed by atoms with E-state index in [-0.39, 0.29) is 0 Å². The lowest BCUT2D eigenvalue weighted by Crippen LogP contribution is -1.92. The van der Waals surface area contributed by atoms with Gasteiger partial charge in [0, 0.05) is 6.07 Å². The van der Waals surface area contributed by atoms with Crippen LogP contribution in [0.3, 0.4) is 0 Å². The molecule has 0 bridgehead atoms. The molecule has 0 aliphatic rings. The second-order valence-electron chi connectivity index (χ2n) is 6.33. The molecule has 0 saturated heterocycles. The van der Waals surface area contributed by atoms with Gasteiger partial charge in [-0.2, -0.15) is 0 Å². The maximum Gasteiger partial charge on any atom is 0.150 e. The number of benzene rings is 4. The van der Waals surface area contributed by atoms with E-state index in [9.17, 15) is 0 Å². The van der Waals surface area contributed by atoms with Crippen LogP contribution in [0.4, 0.5) is 11.4 Å². The van der Waals surface area contributed by atoms with Crippen molar-refractivity contribution >= 4 is 11.4 Å². The highest BCUT2D eigenvalue weighted by Crippen LogP contribution is 2.32. The van der Waals surface area contributed by atoms with Crippen molar-refractivity contribution in [2.24, 2.45) is 0 Å². The highest BCUT2D eigenvalue weighted by atomic mass is 16.5. The van der Waals surface area contributed by atoms with Crippen LogP contribution in [-0.2, 0) is 0 Å². The average Bonchev–Trinajstić information content (AvgIpc) is 2.73. The van der Waals surface area contributed by atoms with Crippen molar-refractivity contribution in [1.29, 1.82) is 0 Å². The van der Waals surface area contributed by atoms with E-state index in [0.717, 1.165) is 0 Å². The molecule has 0 radical (unpaired) electrons. The maximum absolute atomic E-state index is 5.93. The summed E-state index contributed by atoms with van der Waals surface area (Å²) in [6, 6.07) is 29.4. The summed E-state index contributed by atoms with van der Waals surface area (Å²) in [5.74, 6) is 3.86. The highest BCUT2D eigenvalue weighted by Gasteiger charge is 2.05. The summed E-state index contributed by atoms with van der Waals surface area (Å²) in [4.78, 5) is 0. The molecule has 0 aliphatic carbocycles. The first-order valence-corrected chi connectivity index (χ1v) is 9.10. The minimum absolute atomic E-state index is 0.577. The van der Waals surface area contributed by atoms with Crippen LogP contribution >= 0.6 is 0 Å². The van der Waals surface area contributed by atoms with Gasteiger partial charge in [0.1, 0.15) is 34.5 Å². The van der Waals surface area contributed by atoms with Crippen molar-refractivity contribution in [3.8, 4) is 34.5 Å². The van der Waals surface area contributed by atoms with Crippen LogP contribution in [0.2, 0.25) is 0 Å². The molecule has 29 heavy (non-hydrogen) atoms. The van der Waals surface area contributed by atoms with Gasteiger partial charge in [-0.1, -0.05) is 30.3 Å². The van der Waals surface area contributed by atoms with Gasteiger partial charge in [0.15, 0.2) is 0 Å². The third-order valence-corrected chi connectivity index (χ3v) is 4.16. The second kappa shape index (κ2) is 8.27. The van der Waals surface area contributed by atoms with E-state index < -0.39 is 0 Å². The molecular formula is C24H20N2O3. The standard InChI is InChI=1S/C24H20N2O3/c25-21-8-1-3-10-23(21)28-18-14-12-17(13-15-18)27-19-6-5-7-20(16-19)29-24-11-4-2-9-22(24)26/h1-16H,25-26H2. The predicted octanol–water partition coefficient (Wildman–Crippen LogP) is 6.23. The minimum Gasteiger partial charge on any atom is -0.457 e. The van der Waals surface area contributed by atoms with Crippen LogP contribution in [0, 0.1) is 0 Å². The number of hydrogen-bond acceptors (Lipinski definition) is 5. The van der Waals surface area contributed by atoms with Crippen LogP contribution in [0.25, 0.3) is 0 Å². The molecule has 0 unspecified atom stereocenters. The summed E-state index contributed by atoms with van der Waals surface area (Å²) in [5.41, 5.74) is 13.0. The number of rotatable bonds is 6. The molecular weight excluding hydrogens is 364 g/mol. The molecule has 0 aromatic heterocycles. The Kier molecular flexibility index (Phi) is 5.21. The van der Waals surface area contributed by atoms with Gasteiger partial charge in [0.05, 0.1) is 11.4 Å². The SMILES string of the molecule is Nc1ccccc1Oc1ccc(Oc2cccc(Oc3ccccc3N)c2)cc1. The number of anilines is 2. The molecule has 0 fully saturated rings. The van der Waals surface area contributed by atoms with E-state index >= 15 is 0 Å². The Bertz CT molecular complexity index is 1110. The molecule has 0 aliphatic heterocycles. The first-order chi connectivity index (χ1) is 14.2. The van der Waals surface area contributed by atoms with E-state index in [2.05, 4.69) is 0 Å². The third kappa shape index (κ3) is 4.59.